The largest absolute Gasteiger partial charge is 0.152 e. The summed E-state index contributed by atoms with van der Waals surface area (Å²) in [5, 5.41) is 52.2. The number of hydrogen-bond donors (Lipinski definition) is 8. The number of rotatable bonds is 16. The predicted molar refractivity (Wildman–Crippen MR) is 545 cm³/mol. The van der Waals surface area contributed by atoms with Gasteiger partial charge in [-0.3, -0.25) is 0 Å². The van der Waals surface area contributed by atoms with E-state index in [1.165, 1.54) is 107 Å². The smallest absolute Gasteiger partial charge is 0.00147 e. The zero-order chi connectivity index (χ0) is 83.1. The molecule has 0 spiro atoms. The summed E-state index contributed by atoms with van der Waals surface area (Å²) >= 11 is 32.6. The molecule has 0 aliphatic carbocycles. The van der Waals surface area contributed by atoms with Crippen molar-refractivity contribution in [2.24, 2.45) is 21.5 Å². The van der Waals surface area contributed by atoms with Crippen molar-refractivity contribution in [3.8, 4) is 66.8 Å². The molecule has 120 heavy (non-hydrogen) atoms. The van der Waals surface area contributed by atoms with E-state index < -0.39 is 7.12 Å². The molecule has 7 aromatic heterocycles. The Kier molecular flexibility index (Phi) is 58.4. The standard InChI is InChI=1S/2C14H15NOS.C12H10Br2OS.C12H12OS.C10H6Br2S.C10H8S.C6H7BO2.C4H3BrS.C4H11NO2.C2H4O.2CH4.BHNS.2ClH/c2*15-8-13-14-11(6-7-16-13)12(9-17-14)10-4-2-1-3-5-10;13-11-9(6-7-15)10(12(14)16-11)8-4-2-1-3-5-8;13-7-6-11-8-14-9-12(11)10-4-2-1-3-5-10;11-9-6-8(10(12)13-9)7-4-2-1-3-5-7;1-2-4-9(5-3-1)10-6-7-11-8-10;8-7(9)6-4-2-1-3-5-6;5-4-1-2-6-3-4;1-6-4(3-5)7-2;1-2-3-1;;;1-2-3;;/h2*1-5,9,13H,6-8,15H2;1-5,15H,6-7H2;1-5,8-9,13H,6-7H2;1-6H;1-8H;1-5,8-9H;1-3H;4H,3,5H2,1-2H3;1-2H2;2*1H4;3H;2*1H. The Morgan fingerprint density at radius 2 is 0.892 bits per heavy atom. The van der Waals surface area contributed by atoms with Crippen LogP contribution in [-0.2, 0) is 49.4 Å². The van der Waals surface area contributed by atoms with Gasteiger partial charge in [0.15, 0.2) is 6.29 Å². The molecule has 7 aromatic carbocycles. The SMILES string of the molecule is Brc1cc(-c2ccccc2)c(Br)s1.Brc1ccsc1.C.C.C1CO1.COC(CN)OC.Cl.Cl.NCC1OCCc2c(-c3ccccc3)csc21.NCC1OCCc2c(-c3ccccc3)csc21.OB(O)c1ccccc1.OCCc1c(Br)sc(Br)c1-c1ccccc1.OCCc1cscc1-c1ccccc1.[B]=NS.c1ccc(-c2ccsc2)cc1. The van der Waals surface area contributed by atoms with Crippen LogP contribution in [0.15, 0.2) is 297 Å². The van der Waals surface area contributed by atoms with Gasteiger partial charge in [0.25, 0.3) is 0 Å². The minimum absolute atomic E-state index is 0. The van der Waals surface area contributed by atoms with Crippen LogP contribution in [-0.4, -0.2) is 115 Å². The fourth-order valence-electron chi connectivity index (χ4n) is 11.2. The number of fused-ring (bicyclic) bond motifs is 2. The number of methoxy groups -OCH3 is 2. The summed E-state index contributed by atoms with van der Waals surface area (Å²) in [7, 11) is 6.11. The number of aliphatic hydroxyl groups is 2. The van der Waals surface area contributed by atoms with E-state index in [2.05, 4.69) is 263 Å². The number of nitrogens with zero attached hydrogens (tertiary/aromatic N) is 1. The van der Waals surface area contributed by atoms with Gasteiger partial charge in [0.1, 0.15) is 12.2 Å². The van der Waals surface area contributed by atoms with Crippen molar-refractivity contribution in [3.63, 3.8) is 0 Å². The third kappa shape index (κ3) is 37.8. The first-order valence-electron chi connectivity index (χ1n) is 36.5. The molecular formula is C90H102B2Br5Cl2N4O9S8. The van der Waals surface area contributed by atoms with Crippen LogP contribution in [0.1, 0.15) is 59.1 Å². The summed E-state index contributed by atoms with van der Waals surface area (Å²) in [6, 6.07) is 77.3. The molecule has 1 saturated heterocycles. The summed E-state index contributed by atoms with van der Waals surface area (Å²) in [6.45, 7) is 5.51. The molecule has 2 unspecified atom stereocenters. The van der Waals surface area contributed by atoms with Gasteiger partial charge in [0.2, 0.25) is 0 Å². The van der Waals surface area contributed by atoms with E-state index in [9.17, 15) is 0 Å². The van der Waals surface area contributed by atoms with Crippen molar-refractivity contribution in [1.29, 1.82) is 0 Å². The first kappa shape index (κ1) is 109. The average molecular weight is 2130 g/mol. The van der Waals surface area contributed by atoms with Crippen LogP contribution in [0.5, 0.6) is 0 Å². The molecule has 0 amide bonds. The van der Waals surface area contributed by atoms with Gasteiger partial charge in [0.05, 0.1) is 41.6 Å². The number of aliphatic hydroxyl groups excluding tert-OH is 2. The Morgan fingerprint density at radius 3 is 1.23 bits per heavy atom. The third-order valence-corrected chi connectivity index (χ3v) is 27.0. The quantitative estimate of drug-likeness (QED) is 0.0196. The van der Waals surface area contributed by atoms with E-state index in [4.69, 9.17) is 56.4 Å². The molecule has 0 saturated carbocycles. The van der Waals surface area contributed by atoms with Crippen molar-refractivity contribution < 1.29 is 43.9 Å². The maximum Gasteiger partial charge on any atom is -0.00147 e. The number of hydrogen-bond acceptors (Lipinski definition) is 21. The molecule has 1 radical (unpaired) electrons. The monoisotopic (exact) mass is 2130 g/mol. The van der Waals surface area contributed by atoms with Gasteiger partial charge in [-0.2, -0.15) is 34.0 Å². The van der Waals surface area contributed by atoms with Crippen LogP contribution in [0.25, 0.3) is 66.8 Å². The first-order valence-corrected chi connectivity index (χ1v) is 47.1. The minimum Gasteiger partial charge on any atom is -0.152 e. The fraction of sp³-hybridized carbons (Fsp3) is 0.222. The van der Waals surface area contributed by atoms with Crippen molar-refractivity contribution in [3.05, 3.63) is 325 Å². The van der Waals surface area contributed by atoms with Crippen LogP contribution >= 0.6 is 197 Å². The fourth-order valence-corrected chi connectivity index (χ4v) is 22.5. The number of epoxide rings is 1. The molecule has 0 bridgehead atoms. The minimum atomic E-state index is -1.34. The van der Waals surface area contributed by atoms with Crippen molar-refractivity contribution in [2.45, 2.75) is 59.0 Å². The van der Waals surface area contributed by atoms with Crippen LogP contribution < -0.4 is 22.7 Å². The molecule has 3 aliphatic heterocycles. The van der Waals surface area contributed by atoms with Crippen LogP contribution in [0, 0.1) is 0 Å². The number of ether oxygens (including phenoxy) is 5. The zero-order valence-electron chi connectivity index (χ0n) is 64.7. The van der Waals surface area contributed by atoms with Crippen LogP contribution in [0.3, 0.4) is 0 Å². The van der Waals surface area contributed by atoms with Gasteiger partial charge in [-0.15, -0.1) is 70.2 Å². The molecule has 10 heterocycles. The Hall–Kier alpha value is -4.78. The second-order valence-electron chi connectivity index (χ2n) is 24.5. The normalized spacial score (nSPS) is 12.5. The molecule has 30 heteroatoms. The summed E-state index contributed by atoms with van der Waals surface area (Å²) in [5.74, 6) is 0. The Morgan fingerprint density at radius 1 is 0.483 bits per heavy atom. The number of thiophene rings is 7. The van der Waals surface area contributed by atoms with Crippen molar-refractivity contribution in [2.75, 3.05) is 73.5 Å². The second kappa shape index (κ2) is 64.0. The molecule has 2 atom stereocenters. The van der Waals surface area contributed by atoms with Gasteiger partial charge >= 0.3 is 31.9 Å². The van der Waals surface area contributed by atoms with Gasteiger partial charge < -0.3 is 61.1 Å². The number of benzene rings is 7. The summed E-state index contributed by atoms with van der Waals surface area (Å²) in [5.41, 5.74) is 37.7. The Balaban J connectivity index is 0.000000349. The third-order valence-electron chi connectivity index (χ3n) is 16.8. The maximum atomic E-state index is 9.09. The van der Waals surface area contributed by atoms with E-state index >= 15 is 0 Å². The predicted octanol–water partition coefficient (Wildman–Crippen LogP) is 25.5. The molecule has 17 rings (SSSR count). The zero-order valence-corrected chi connectivity index (χ0v) is 80.8. The van der Waals surface area contributed by atoms with E-state index in [1.807, 2.05) is 95.7 Å². The number of nitrogens with two attached hydrogens (primary N) is 3. The van der Waals surface area contributed by atoms with Gasteiger partial charge in [-0.05, 0) is 245 Å². The molecule has 10 N–H and O–H groups in total. The molecule has 3 aliphatic rings. The van der Waals surface area contributed by atoms with Crippen LogP contribution in [0.4, 0.5) is 0 Å². The Bertz CT molecular complexity index is 4800. The molecule has 1 fully saturated rings. The summed E-state index contributed by atoms with van der Waals surface area (Å²) in [6.07, 6.45) is 3.38. The van der Waals surface area contributed by atoms with Gasteiger partial charge in [0, 0.05) is 77.8 Å². The Labute approximate surface area is 798 Å². The van der Waals surface area contributed by atoms with Crippen molar-refractivity contribution >= 4 is 217 Å². The molecular weight excluding hydrogens is 2030 g/mol. The summed E-state index contributed by atoms with van der Waals surface area (Å²) in [4.78, 5) is 2.63. The first-order chi connectivity index (χ1) is 56.6. The maximum absolute atomic E-state index is 9.09. The van der Waals surface area contributed by atoms with E-state index in [0.717, 1.165) is 57.0 Å². The summed E-state index contributed by atoms with van der Waals surface area (Å²) < 4.78 is 33.7. The van der Waals surface area contributed by atoms with Gasteiger partial charge in [-0.1, -0.05) is 227 Å². The molecule has 639 valence electrons. The number of thiol groups is 1. The van der Waals surface area contributed by atoms with E-state index in [0.29, 0.717) is 31.5 Å². The topological polar surface area (TPSA) is 221 Å². The second-order valence-corrected chi connectivity index (χ2v) is 37.2. The molecule has 14 aromatic rings. The van der Waals surface area contributed by atoms with Gasteiger partial charge in [-0.25, -0.2) is 0 Å². The molecule has 13 nitrogen and oxygen atoms in total. The van der Waals surface area contributed by atoms with E-state index in [1.54, 1.807) is 118 Å². The average Bonchev–Trinajstić information content (AvgIpc) is 1.65. The van der Waals surface area contributed by atoms with E-state index in [-0.39, 0.29) is 71.4 Å². The van der Waals surface area contributed by atoms with Crippen LogP contribution in [0.2, 0.25) is 0 Å². The van der Waals surface area contributed by atoms with Crippen molar-refractivity contribution in [1.82, 2.24) is 0 Å². The number of halogens is 7.